The van der Waals surface area contributed by atoms with Crippen LogP contribution in [0, 0.1) is 0 Å². The molecule has 3 aromatic rings. The van der Waals surface area contributed by atoms with Crippen LogP contribution in [0.4, 0.5) is 0 Å². The Bertz CT molecular complexity index is 1030. The van der Waals surface area contributed by atoms with Gasteiger partial charge >= 0.3 is 5.97 Å². The molecule has 152 valence electrons. The Kier molecular flexibility index (Phi) is 7.51. The van der Waals surface area contributed by atoms with E-state index in [-0.39, 0.29) is 12.5 Å². The number of hydrogen-bond acceptors (Lipinski definition) is 6. The van der Waals surface area contributed by atoms with Crippen LogP contribution in [0.2, 0.25) is 0 Å². The van der Waals surface area contributed by atoms with Gasteiger partial charge in [-0.1, -0.05) is 30.3 Å². The molecule has 0 aliphatic rings. The van der Waals surface area contributed by atoms with E-state index >= 15 is 0 Å². The number of nitrogens with one attached hydrogen (secondary N) is 1. The summed E-state index contributed by atoms with van der Waals surface area (Å²) in [6, 6.07) is 17.8. The lowest BCUT2D eigenvalue weighted by atomic mass is 10.1. The van der Waals surface area contributed by atoms with E-state index in [1.54, 1.807) is 42.5 Å². The van der Waals surface area contributed by atoms with Crippen molar-refractivity contribution < 1.29 is 19.1 Å². The number of carbonyl (C=O) groups is 2. The number of benzene rings is 2. The van der Waals surface area contributed by atoms with Gasteiger partial charge in [-0.05, 0) is 59.3 Å². The summed E-state index contributed by atoms with van der Waals surface area (Å²) in [5.74, 6) is 0.305. The van der Waals surface area contributed by atoms with Crippen molar-refractivity contribution in [1.82, 2.24) is 5.43 Å². The summed E-state index contributed by atoms with van der Waals surface area (Å²) >= 11 is 1.32. The van der Waals surface area contributed by atoms with Crippen LogP contribution in [0.3, 0.4) is 0 Å². The lowest BCUT2D eigenvalue weighted by molar-refractivity contribution is -0.123. The van der Waals surface area contributed by atoms with Crippen LogP contribution in [-0.4, -0.2) is 24.7 Å². The maximum absolute atomic E-state index is 11.9. The molecule has 0 bridgehead atoms. The van der Waals surface area contributed by atoms with Gasteiger partial charge in [0.15, 0.2) is 6.61 Å². The van der Waals surface area contributed by atoms with Crippen molar-refractivity contribution in [1.29, 1.82) is 0 Å². The van der Waals surface area contributed by atoms with Gasteiger partial charge < -0.3 is 9.47 Å². The molecule has 0 saturated carbocycles. The summed E-state index contributed by atoms with van der Waals surface area (Å²) in [4.78, 5) is 24.4. The molecule has 1 aromatic heterocycles. The minimum atomic E-state index is -0.395. The largest absolute Gasteiger partial charge is 0.483 e. The Morgan fingerprint density at radius 3 is 2.60 bits per heavy atom. The standard InChI is InChI=1S/C23H20N2O4S/c1-2-6-18-7-3-4-8-20(18)28-16-22(26)25-24-15-17-10-12-19(13-11-17)29-23(27)21-9-5-14-30-21/h2-5,7-15H,1,6,16H2,(H,25,26)/b24-15+. The first-order chi connectivity index (χ1) is 14.7. The second kappa shape index (κ2) is 10.7. The molecular weight excluding hydrogens is 400 g/mol. The molecule has 7 heteroatoms. The summed E-state index contributed by atoms with van der Waals surface area (Å²) < 4.78 is 10.8. The van der Waals surface area contributed by atoms with Gasteiger partial charge in [0.25, 0.3) is 5.91 Å². The first-order valence-electron chi connectivity index (χ1n) is 9.15. The van der Waals surface area contributed by atoms with E-state index in [1.165, 1.54) is 17.6 Å². The van der Waals surface area contributed by atoms with Crippen LogP contribution in [0.15, 0.2) is 83.8 Å². The zero-order valence-corrected chi connectivity index (χ0v) is 16.9. The summed E-state index contributed by atoms with van der Waals surface area (Å²) in [7, 11) is 0. The van der Waals surface area contributed by atoms with Crippen LogP contribution in [0.5, 0.6) is 11.5 Å². The summed E-state index contributed by atoms with van der Waals surface area (Å²) in [5, 5.41) is 5.73. The van der Waals surface area contributed by atoms with Gasteiger partial charge in [0.1, 0.15) is 16.4 Å². The highest BCUT2D eigenvalue weighted by Gasteiger charge is 2.09. The molecule has 0 unspecified atom stereocenters. The Balaban J connectivity index is 1.46. The number of ether oxygens (including phenoxy) is 2. The fourth-order valence-corrected chi connectivity index (χ4v) is 3.10. The number of thiophene rings is 1. The highest BCUT2D eigenvalue weighted by molar-refractivity contribution is 7.12. The summed E-state index contributed by atoms with van der Waals surface area (Å²) in [5.41, 5.74) is 4.12. The predicted octanol–water partition coefficient (Wildman–Crippen LogP) is 4.22. The zero-order chi connectivity index (χ0) is 21.2. The van der Waals surface area contributed by atoms with Crippen LogP contribution in [-0.2, 0) is 11.2 Å². The number of carbonyl (C=O) groups excluding carboxylic acids is 2. The number of hydrogen-bond donors (Lipinski definition) is 1. The fourth-order valence-electron chi connectivity index (χ4n) is 2.50. The van der Waals surface area contributed by atoms with E-state index in [4.69, 9.17) is 9.47 Å². The van der Waals surface area contributed by atoms with Crippen LogP contribution in [0.1, 0.15) is 20.8 Å². The summed E-state index contributed by atoms with van der Waals surface area (Å²) in [6.07, 6.45) is 3.93. The number of allylic oxidation sites excluding steroid dienone is 1. The van der Waals surface area contributed by atoms with E-state index in [0.717, 1.165) is 11.1 Å². The zero-order valence-electron chi connectivity index (χ0n) is 16.1. The molecule has 0 fully saturated rings. The summed E-state index contributed by atoms with van der Waals surface area (Å²) in [6.45, 7) is 3.56. The van der Waals surface area contributed by atoms with E-state index in [9.17, 15) is 9.59 Å². The molecule has 6 nitrogen and oxygen atoms in total. The van der Waals surface area contributed by atoms with Crippen molar-refractivity contribution in [2.75, 3.05) is 6.61 Å². The molecule has 1 N–H and O–H groups in total. The molecule has 0 radical (unpaired) electrons. The maximum atomic E-state index is 11.9. The minimum Gasteiger partial charge on any atom is -0.483 e. The molecule has 1 heterocycles. The Morgan fingerprint density at radius 2 is 1.87 bits per heavy atom. The molecule has 0 saturated heterocycles. The predicted molar refractivity (Wildman–Crippen MR) is 117 cm³/mol. The molecule has 3 rings (SSSR count). The average molecular weight is 420 g/mol. The maximum Gasteiger partial charge on any atom is 0.353 e. The van der Waals surface area contributed by atoms with Crippen molar-refractivity contribution in [3.05, 3.63) is 94.7 Å². The van der Waals surface area contributed by atoms with Gasteiger partial charge in [0.05, 0.1) is 6.21 Å². The van der Waals surface area contributed by atoms with Gasteiger partial charge in [-0.3, -0.25) is 4.79 Å². The van der Waals surface area contributed by atoms with E-state index in [1.807, 2.05) is 29.6 Å². The monoisotopic (exact) mass is 420 g/mol. The van der Waals surface area contributed by atoms with Gasteiger partial charge in [-0.15, -0.1) is 17.9 Å². The fraction of sp³-hybridized carbons (Fsp3) is 0.0870. The number of hydrazone groups is 1. The van der Waals surface area contributed by atoms with E-state index in [0.29, 0.717) is 22.8 Å². The van der Waals surface area contributed by atoms with Gasteiger partial charge in [0.2, 0.25) is 0 Å². The van der Waals surface area contributed by atoms with Crippen molar-refractivity contribution in [2.45, 2.75) is 6.42 Å². The Labute approximate surface area is 178 Å². The van der Waals surface area contributed by atoms with Crippen LogP contribution < -0.4 is 14.9 Å². The third kappa shape index (κ3) is 6.15. The Morgan fingerprint density at radius 1 is 1.07 bits per heavy atom. The van der Waals surface area contributed by atoms with Crippen LogP contribution in [0.25, 0.3) is 0 Å². The third-order valence-electron chi connectivity index (χ3n) is 3.91. The topological polar surface area (TPSA) is 77.0 Å². The lowest BCUT2D eigenvalue weighted by Crippen LogP contribution is -2.24. The smallest absolute Gasteiger partial charge is 0.353 e. The molecule has 1 amide bonds. The highest BCUT2D eigenvalue weighted by atomic mass is 32.1. The third-order valence-corrected chi connectivity index (χ3v) is 4.76. The number of para-hydroxylation sites is 1. The molecule has 2 aromatic carbocycles. The first-order valence-corrected chi connectivity index (χ1v) is 10.0. The quantitative estimate of drug-likeness (QED) is 0.185. The Hall–Kier alpha value is -3.71. The number of rotatable bonds is 9. The van der Waals surface area contributed by atoms with Gasteiger partial charge in [0, 0.05) is 0 Å². The number of nitrogens with zero attached hydrogens (tertiary/aromatic N) is 1. The highest BCUT2D eigenvalue weighted by Crippen LogP contribution is 2.18. The molecular formula is C23H20N2O4S. The van der Waals surface area contributed by atoms with Crippen LogP contribution >= 0.6 is 11.3 Å². The molecule has 30 heavy (non-hydrogen) atoms. The van der Waals surface area contributed by atoms with Crippen molar-refractivity contribution in [3.8, 4) is 11.5 Å². The van der Waals surface area contributed by atoms with Crippen molar-refractivity contribution >= 4 is 29.4 Å². The molecule has 0 aliphatic carbocycles. The molecule has 0 spiro atoms. The number of esters is 1. The van der Waals surface area contributed by atoms with E-state index < -0.39 is 5.97 Å². The van der Waals surface area contributed by atoms with E-state index in [2.05, 4.69) is 17.1 Å². The second-order valence-electron chi connectivity index (χ2n) is 6.12. The molecule has 0 atom stereocenters. The van der Waals surface area contributed by atoms with Crippen molar-refractivity contribution in [3.63, 3.8) is 0 Å². The normalized spacial score (nSPS) is 10.5. The SMILES string of the molecule is C=CCc1ccccc1OCC(=O)N/N=C/c1ccc(OC(=O)c2cccs2)cc1. The average Bonchev–Trinajstić information content (AvgIpc) is 3.30. The minimum absolute atomic E-state index is 0.150. The number of amides is 1. The van der Waals surface area contributed by atoms with Gasteiger partial charge in [-0.2, -0.15) is 5.10 Å². The lowest BCUT2D eigenvalue weighted by Gasteiger charge is -2.09. The second-order valence-corrected chi connectivity index (χ2v) is 7.07. The van der Waals surface area contributed by atoms with Crippen molar-refractivity contribution in [2.24, 2.45) is 5.10 Å². The molecule has 0 aliphatic heterocycles. The first kappa shape index (κ1) is 21.0. The van der Waals surface area contributed by atoms with Gasteiger partial charge in [-0.25, -0.2) is 10.2 Å².